The summed E-state index contributed by atoms with van der Waals surface area (Å²) in [7, 11) is 0. The van der Waals surface area contributed by atoms with Crippen molar-refractivity contribution in [1.82, 2.24) is 0 Å². The lowest BCUT2D eigenvalue weighted by atomic mass is 9.76. The van der Waals surface area contributed by atoms with Gasteiger partial charge in [0.25, 0.3) is 6.29 Å². The van der Waals surface area contributed by atoms with Gasteiger partial charge in [-0.15, -0.1) is 0 Å². The third kappa shape index (κ3) is 2.75. The highest BCUT2D eigenvalue weighted by atomic mass is 127. The summed E-state index contributed by atoms with van der Waals surface area (Å²) in [4.78, 5) is 50.6. The van der Waals surface area contributed by atoms with E-state index in [0.717, 1.165) is 22.3 Å². The van der Waals surface area contributed by atoms with Crippen LogP contribution < -0.4 is 4.90 Å². The molecule has 0 saturated carbocycles. The van der Waals surface area contributed by atoms with Crippen molar-refractivity contribution in [1.29, 1.82) is 0 Å². The molecule has 2 fully saturated rings. The maximum atomic E-state index is 13.3. The van der Waals surface area contributed by atoms with E-state index in [1.807, 2.05) is 0 Å². The average Bonchev–Trinajstić information content (AvgIpc) is 3.26. The van der Waals surface area contributed by atoms with Crippen LogP contribution in [0.15, 0.2) is 36.4 Å². The predicted octanol–water partition coefficient (Wildman–Crippen LogP) is 1.56. The third-order valence-electron chi connectivity index (χ3n) is 5.08. The Balaban J connectivity index is 1.74. The van der Waals surface area contributed by atoms with Crippen LogP contribution in [-0.4, -0.2) is 41.7 Å². The fourth-order valence-corrected chi connectivity index (χ4v) is 4.42. The maximum absolute atomic E-state index is 13.3. The zero-order valence-corrected chi connectivity index (χ0v) is 17.1. The van der Waals surface area contributed by atoms with Crippen molar-refractivity contribution in [2.75, 3.05) is 4.90 Å². The molecule has 9 heteroatoms. The van der Waals surface area contributed by atoms with E-state index >= 15 is 0 Å². The van der Waals surface area contributed by atoms with Gasteiger partial charge in [0.2, 0.25) is 11.8 Å². The molecular formula is C19H16INO7. The van der Waals surface area contributed by atoms with Crippen LogP contribution in [0.2, 0.25) is 0 Å². The van der Waals surface area contributed by atoms with E-state index in [1.165, 1.54) is 0 Å². The van der Waals surface area contributed by atoms with Crippen molar-refractivity contribution in [3.63, 3.8) is 0 Å². The molecule has 0 N–H and O–H groups in total. The maximum Gasteiger partial charge on any atom is 0.305 e. The molecule has 2 bridgehead atoms. The van der Waals surface area contributed by atoms with Gasteiger partial charge in [-0.25, -0.2) is 4.90 Å². The minimum Gasteiger partial charge on any atom is -0.422 e. The van der Waals surface area contributed by atoms with Crippen LogP contribution in [0.5, 0.6) is 0 Å². The van der Waals surface area contributed by atoms with Crippen molar-refractivity contribution >= 4 is 52.0 Å². The van der Waals surface area contributed by atoms with Crippen LogP contribution in [-0.2, 0) is 33.4 Å². The molecule has 1 aromatic carbocycles. The standard InChI is InChI=1S/C19H16INO7/c1-9(22)26-18(27-10(2)23)19-8-7-13(28-19)14-15(19)17(25)21(16(14)24)12-5-3-11(20)4-6-12/h3-8,13-15,18H,1-2H3/t13-,14-,15+,19+/m0/s1. The number of ether oxygens (including phenoxy) is 3. The second-order valence-corrected chi connectivity index (χ2v) is 8.08. The number of nitrogens with zero attached hydrogens (tertiary/aromatic N) is 1. The Morgan fingerprint density at radius 2 is 1.71 bits per heavy atom. The first-order valence-corrected chi connectivity index (χ1v) is 9.67. The molecule has 3 heterocycles. The summed E-state index contributed by atoms with van der Waals surface area (Å²) in [5, 5.41) is 0. The highest BCUT2D eigenvalue weighted by Crippen LogP contribution is 2.54. The molecular weight excluding hydrogens is 481 g/mol. The van der Waals surface area contributed by atoms with E-state index in [9.17, 15) is 19.2 Å². The van der Waals surface area contributed by atoms with E-state index < -0.39 is 53.6 Å². The number of carbonyl (C=O) groups is 4. The summed E-state index contributed by atoms with van der Waals surface area (Å²) in [5.41, 5.74) is -1.08. The second-order valence-electron chi connectivity index (χ2n) is 6.84. The molecule has 8 nitrogen and oxygen atoms in total. The molecule has 2 saturated heterocycles. The number of carbonyl (C=O) groups excluding carboxylic acids is 4. The van der Waals surface area contributed by atoms with Gasteiger partial charge in [-0.05, 0) is 52.9 Å². The molecule has 2 amide bonds. The first-order chi connectivity index (χ1) is 13.2. The van der Waals surface area contributed by atoms with Crippen molar-refractivity contribution in [3.8, 4) is 0 Å². The Morgan fingerprint density at radius 1 is 1.11 bits per heavy atom. The summed E-state index contributed by atoms with van der Waals surface area (Å²) in [6.07, 6.45) is 1.07. The topological polar surface area (TPSA) is 99.2 Å². The van der Waals surface area contributed by atoms with Gasteiger partial charge in [0.1, 0.15) is 0 Å². The molecule has 1 aromatic rings. The molecule has 4 rings (SSSR count). The SMILES string of the molecule is CC(=O)OC(OC(C)=O)[C@]12C=C[C@H](O1)[C@@H]1C(=O)N(c3ccc(I)cc3)C(=O)[C@@H]12. The van der Waals surface area contributed by atoms with E-state index in [-0.39, 0.29) is 0 Å². The molecule has 0 unspecified atom stereocenters. The van der Waals surface area contributed by atoms with Gasteiger partial charge in [-0.3, -0.25) is 19.2 Å². The monoisotopic (exact) mass is 497 g/mol. The van der Waals surface area contributed by atoms with Gasteiger partial charge in [0, 0.05) is 17.4 Å². The van der Waals surface area contributed by atoms with Gasteiger partial charge >= 0.3 is 11.9 Å². The second kappa shape index (κ2) is 6.66. The Morgan fingerprint density at radius 3 is 2.29 bits per heavy atom. The van der Waals surface area contributed by atoms with Crippen LogP contribution in [0.1, 0.15) is 13.8 Å². The van der Waals surface area contributed by atoms with Crippen LogP contribution in [0, 0.1) is 15.4 Å². The van der Waals surface area contributed by atoms with Gasteiger partial charge < -0.3 is 14.2 Å². The Hall–Kier alpha value is -2.27. The molecule has 28 heavy (non-hydrogen) atoms. The first-order valence-electron chi connectivity index (χ1n) is 8.59. The van der Waals surface area contributed by atoms with Gasteiger partial charge in [0.15, 0.2) is 5.60 Å². The normalized spacial score (nSPS) is 30.1. The van der Waals surface area contributed by atoms with Gasteiger partial charge in [0.05, 0.1) is 23.6 Å². The van der Waals surface area contributed by atoms with Crippen molar-refractivity contribution < 1.29 is 33.4 Å². The zero-order valence-electron chi connectivity index (χ0n) is 15.0. The van der Waals surface area contributed by atoms with E-state index in [2.05, 4.69) is 22.6 Å². The number of benzene rings is 1. The first kappa shape index (κ1) is 19.1. The highest BCUT2D eigenvalue weighted by Gasteiger charge is 2.72. The lowest BCUT2D eigenvalue weighted by Crippen LogP contribution is -2.52. The van der Waals surface area contributed by atoms with Gasteiger partial charge in [-0.1, -0.05) is 6.08 Å². The number of anilines is 1. The Labute approximate surface area is 173 Å². The number of amides is 2. The van der Waals surface area contributed by atoms with Crippen LogP contribution in [0.4, 0.5) is 5.69 Å². The van der Waals surface area contributed by atoms with Gasteiger partial charge in [-0.2, -0.15) is 0 Å². The van der Waals surface area contributed by atoms with Crippen LogP contribution >= 0.6 is 22.6 Å². The van der Waals surface area contributed by atoms with Crippen LogP contribution in [0.3, 0.4) is 0 Å². The average molecular weight is 497 g/mol. The minimum atomic E-state index is -1.53. The van der Waals surface area contributed by atoms with Crippen LogP contribution in [0.25, 0.3) is 0 Å². The van der Waals surface area contributed by atoms with E-state index in [4.69, 9.17) is 14.2 Å². The third-order valence-corrected chi connectivity index (χ3v) is 5.80. The number of hydrogen-bond donors (Lipinski definition) is 0. The predicted molar refractivity (Wildman–Crippen MR) is 103 cm³/mol. The molecule has 0 aromatic heterocycles. The molecule has 0 spiro atoms. The molecule has 146 valence electrons. The van der Waals surface area contributed by atoms with E-state index in [0.29, 0.717) is 5.69 Å². The largest absolute Gasteiger partial charge is 0.422 e. The number of hydrogen-bond acceptors (Lipinski definition) is 7. The quantitative estimate of drug-likeness (QED) is 0.205. The number of esters is 2. The van der Waals surface area contributed by atoms with Crippen molar-refractivity contribution in [2.24, 2.45) is 11.8 Å². The number of fused-ring (bicyclic) bond motifs is 5. The lowest BCUT2D eigenvalue weighted by molar-refractivity contribution is -0.226. The molecule has 3 aliphatic heterocycles. The zero-order chi connectivity index (χ0) is 20.2. The summed E-state index contributed by atoms with van der Waals surface area (Å²) < 4.78 is 17.2. The summed E-state index contributed by atoms with van der Waals surface area (Å²) in [5.74, 6) is -4.00. The number of imide groups is 1. The molecule has 3 aliphatic rings. The molecule has 0 radical (unpaired) electrons. The summed E-state index contributed by atoms with van der Waals surface area (Å²) in [6.45, 7) is 2.32. The minimum absolute atomic E-state index is 0.392. The van der Waals surface area contributed by atoms with Crippen molar-refractivity contribution in [3.05, 3.63) is 40.0 Å². The lowest BCUT2D eigenvalue weighted by Gasteiger charge is -2.34. The summed E-state index contributed by atoms with van der Waals surface area (Å²) >= 11 is 2.13. The summed E-state index contributed by atoms with van der Waals surface area (Å²) in [6, 6.07) is 6.97. The fourth-order valence-electron chi connectivity index (χ4n) is 4.06. The Bertz CT molecular complexity index is 895. The number of halogens is 1. The fraction of sp³-hybridized carbons (Fsp3) is 0.368. The molecule has 4 atom stereocenters. The smallest absolute Gasteiger partial charge is 0.305 e. The number of rotatable bonds is 4. The molecule has 0 aliphatic carbocycles. The van der Waals surface area contributed by atoms with E-state index in [1.54, 1.807) is 36.4 Å². The van der Waals surface area contributed by atoms with Crippen molar-refractivity contribution in [2.45, 2.75) is 31.8 Å². The highest BCUT2D eigenvalue weighted by molar-refractivity contribution is 14.1. The Kier molecular flexibility index (Phi) is 4.53.